The van der Waals surface area contributed by atoms with Crippen molar-refractivity contribution in [1.82, 2.24) is 5.32 Å². The van der Waals surface area contributed by atoms with E-state index >= 15 is 0 Å². The van der Waals surface area contributed by atoms with Crippen molar-refractivity contribution in [2.45, 2.75) is 32.2 Å². The predicted octanol–water partition coefficient (Wildman–Crippen LogP) is -0.223. The van der Waals surface area contributed by atoms with Crippen molar-refractivity contribution in [3.8, 4) is 0 Å². The number of primary amides is 1. The number of hydrogen-bond acceptors (Lipinski definition) is 2. The van der Waals surface area contributed by atoms with Crippen molar-refractivity contribution >= 4 is 11.8 Å². The standard InChI is InChI=1S/C8H14N2O2/c1-8(2,7(9)12)10-6(11)5-3-4-5/h5H,3-4H2,1-2H3,(H2,9,12)(H,10,11). The lowest BCUT2D eigenvalue weighted by Gasteiger charge is -2.21. The van der Waals surface area contributed by atoms with Crippen LogP contribution in [0.5, 0.6) is 0 Å². The molecule has 0 bridgehead atoms. The predicted molar refractivity (Wildman–Crippen MR) is 44.1 cm³/mol. The van der Waals surface area contributed by atoms with Gasteiger partial charge in [0, 0.05) is 5.92 Å². The van der Waals surface area contributed by atoms with Gasteiger partial charge in [-0.3, -0.25) is 9.59 Å². The molecule has 0 aromatic rings. The van der Waals surface area contributed by atoms with Crippen LogP contribution < -0.4 is 11.1 Å². The van der Waals surface area contributed by atoms with Crippen LogP contribution in [-0.2, 0) is 9.59 Å². The summed E-state index contributed by atoms with van der Waals surface area (Å²) < 4.78 is 0. The molecular formula is C8H14N2O2. The van der Waals surface area contributed by atoms with E-state index in [1.54, 1.807) is 13.8 Å². The third-order valence-electron chi connectivity index (χ3n) is 2.00. The zero-order valence-electron chi connectivity index (χ0n) is 7.39. The van der Waals surface area contributed by atoms with Gasteiger partial charge < -0.3 is 11.1 Å². The van der Waals surface area contributed by atoms with Crippen LogP contribution in [0, 0.1) is 5.92 Å². The fourth-order valence-electron chi connectivity index (χ4n) is 0.817. The summed E-state index contributed by atoms with van der Waals surface area (Å²) >= 11 is 0. The molecule has 0 saturated heterocycles. The highest BCUT2D eigenvalue weighted by Crippen LogP contribution is 2.29. The normalized spacial score (nSPS) is 17.2. The molecule has 0 unspecified atom stereocenters. The molecule has 0 radical (unpaired) electrons. The Kier molecular flexibility index (Phi) is 2.08. The maximum Gasteiger partial charge on any atom is 0.242 e. The molecule has 1 fully saturated rings. The van der Waals surface area contributed by atoms with Crippen LogP contribution in [0.2, 0.25) is 0 Å². The first-order valence-electron chi connectivity index (χ1n) is 4.05. The minimum Gasteiger partial charge on any atom is -0.368 e. The average Bonchev–Trinajstić information content (AvgIpc) is 2.65. The number of carbonyl (C=O) groups excluding carboxylic acids is 2. The van der Waals surface area contributed by atoms with Gasteiger partial charge in [-0.25, -0.2) is 0 Å². The zero-order valence-corrected chi connectivity index (χ0v) is 7.39. The van der Waals surface area contributed by atoms with Crippen molar-refractivity contribution in [2.75, 3.05) is 0 Å². The van der Waals surface area contributed by atoms with Crippen molar-refractivity contribution in [3.63, 3.8) is 0 Å². The molecule has 68 valence electrons. The van der Waals surface area contributed by atoms with Crippen LogP contribution in [0.15, 0.2) is 0 Å². The second-order valence-electron chi connectivity index (χ2n) is 3.75. The molecule has 0 atom stereocenters. The van der Waals surface area contributed by atoms with E-state index in [1.165, 1.54) is 0 Å². The van der Waals surface area contributed by atoms with Crippen molar-refractivity contribution in [1.29, 1.82) is 0 Å². The number of hydrogen-bond donors (Lipinski definition) is 2. The Hall–Kier alpha value is -1.06. The fourth-order valence-corrected chi connectivity index (χ4v) is 0.817. The molecule has 2 amide bonds. The van der Waals surface area contributed by atoms with Gasteiger partial charge in [-0.05, 0) is 26.7 Å². The molecule has 12 heavy (non-hydrogen) atoms. The Balaban J connectivity index is 2.47. The van der Waals surface area contributed by atoms with Crippen LogP contribution in [0.1, 0.15) is 26.7 Å². The van der Waals surface area contributed by atoms with E-state index in [-0.39, 0.29) is 11.8 Å². The smallest absolute Gasteiger partial charge is 0.242 e. The Bertz CT molecular complexity index is 219. The molecule has 3 N–H and O–H groups in total. The van der Waals surface area contributed by atoms with Crippen LogP contribution in [0.4, 0.5) is 0 Å². The zero-order chi connectivity index (χ0) is 9.35. The van der Waals surface area contributed by atoms with Crippen LogP contribution >= 0.6 is 0 Å². The Morgan fingerprint density at radius 2 is 1.92 bits per heavy atom. The van der Waals surface area contributed by atoms with Crippen molar-refractivity contribution < 1.29 is 9.59 Å². The molecule has 4 heteroatoms. The third kappa shape index (κ3) is 1.96. The van der Waals surface area contributed by atoms with Gasteiger partial charge >= 0.3 is 0 Å². The van der Waals surface area contributed by atoms with E-state index in [2.05, 4.69) is 5.32 Å². The molecule has 4 nitrogen and oxygen atoms in total. The lowest BCUT2D eigenvalue weighted by atomic mass is 10.0. The largest absolute Gasteiger partial charge is 0.368 e. The second-order valence-corrected chi connectivity index (χ2v) is 3.75. The first-order valence-corrected chi connectivity index (χ1v) is 4.05. The first kappa shape index (κ1) is 9.03. The van der Waals surface area contributed by atoms with E-state index in [1.807, 2.05) is 0 Å². The molecule has 0 aromatic heterocycles. The van der Waals surface area contributed by atoms with Crippen molar-refractivity contribution in [2.24, 2.45) is 11.7 Å². The quantitative estimate of drug-likeness (QED) is 0.614. The summed E-state index contributed by atoms with van der Waals surface area (Å²) in [6, 6.07) is 0. The average molecular weight is 170 g/mol. The van der Waals surface area contributed by atoms with Gasteiger partial charge in [-0.15, -0.1) is 0 Å². The van der Waals surface area contributed by atoms with Gasteiger partial charge in [0.1, 0.15) is 5.54 Å². The third-order valence-corrected chi connectivity index (χ3v) is 2.00. The molecule has 0 heterocycles. The first-order chi connectivity index (χ1) is 5.43. The van der Waals surface area contributed by atoms with E-state index < -0.39 is 11.4 Å². The fraction of sp³-hybridized carbons (Fsp3) is 0.750. The summed E-state index contributed by atoms with van der Waals surface area (Å²) in [6.45, 7) is 3.21. The SMILES string of the molecule is CC(C)(NC(=O)C1CC1)C(N)=O. The maximum atomic E-state index is 11.2. The second kappa shape index (κ2) is 2.77. The van der Waals surface area contributed by atoms with Crippen LogP contribution in [-0.4, -0.2) is 17.4 Å². The Morgan fingerprint density at radius 3 is 2.25 bits per heavy atom. The molecule has 1 aliphatic carbocycles. The summed E-state index contributed by atoms with van der Waals surface area (Å²) in [5.74, 6) is -0.445. The molecule has 1 saturated carbocycles. The van der Waals surface area contributed by atoms with Gasteiger partial charge in [-0.2, -0.15) is 0 Å². The monoisotopic (exact) mass is 170 g/mol. The minimum atomic E-state index is -0.917. The van der Waals surface area contributed by atoms with Gasteiger partial charge in [0.05, 0.1) is 0 Å². The molecular weight excluding hydrogens is 156 g/mol. The summed E-state index contributed by atoms with van der Waals surface area (Å²) in [6.07, 6.45) is 1.86. The van der Waals surface area contributed by atoms with Gasteiger partial charge in [0.2, 0.25) is 11.8 Å². The number of nitrogens with one attached hydrogen (secondary N) is 1. The number of rotatable bonds is 3. The van der Waals surface area contributed by atoms with Gasteiger partial charge in [-0.1, -0.05) is 0 Å². The summed E-state index contributed by atoms with van der Waals surface area (Å²) in [5, 5.41) is 2.60. The minimum absolute atomic E-state index is 0.0567. The maximum absolute atomic E-state index is 11.2. The number of amides is 2. The summed E-state index contributed by atoms with van der Waals surface area (Å²) in [5.41, 5.74) is 4.17. The number of nitrogens with two attached hydrogens (primary N) is 1. The molecule has 0 aliphatic heterocycles. The number of carbonyl (C=O) groups is 2. The highest BCUT2D eigenvalue weighted by Gasteiger charge is 2.35. The van der Waals surface area contributed by atoms with E-state index in [0.29, 0.717) is 0 Å². The lowest BCUT2D eigenvalue weighted by molar-refractivity contribution is -0.131. The Labute approximate surface area is 71.5 Å². The summed E-state index contributed by atoms with van der Waals surface area (Å²) in [7, 11) is 0. The highest BCUT2D eigenvalue weighted by atomic mass is 16.2. The molecule has 0 spiro atoms. The van der Waals surface area contributed by atoms with E-state index in [0.717, 1.165) is 12.8 Å². The van der Waals surface area contributed by atoms with E-state index in [4.69, 9.17) is 5.73 Å². The Morgan fingerprint density at radius 1 is 1.42 bits per heavy atom. The molecule has 1 aliphatic rings. The van der Waals surface area contributed by atoms with Crippen molar-refractivity contribution in [3.05, 3.63) is 0 Å². The van der Waals surface area contributed by atoms with Crippen LogP contribution in [0.3, 0.4) is 0 Å². The highest BCUT2D eigenvalue weighted by molar-refractivity contribution is 5.91. The summed E-state index contributed by atoms with van der Waals surface area (Å²) in [4.78, 5) is 22.0. The van der Waals surface area contributed by atoms with Gasteiger partial charge in [0.15, 0.2) is 0 Å². The lowest BCUT2D eigenvalue weighted by Crippen LogP contribution is -2.53. The van der Waals surface area contributed by atoms with Gasteiger partial charge in [0.25, 0.3) is 0 Å². The molecule has 1 rings (SSSR count). The van der Waals surface area contributed by atoms with Crippen LogP contribution in [0.25, 0.3) is 0 Å². The molecule has 0 aromatic carbocycles. The van der Waals surface area contributed by atoms with E-state index in [9.17, 15) is 9.59 Å². The topological polar surface area (TPSA) is 72.2 Å².